The molecule has 0 saturated carbocycles. The van der Waals surface area contributed by atoms with Gasteiger partial charge < -0.3 is 20.3 Å². The molecule has 1 aromatic heterocycles. The molecule has 6 nitrogen and oxygen atoms in total. The maximum Gasteiger partial charge on any atom is 0.191 e. The van der Waals surface area contributed by atoms with Crippen LogP contribution in [0.4, 0.5) is 5.13 Å². The van der Waals surface area contributed by atoms with Crippen LogP contribution in [-0.2, 0) is 17.9 Å². The topological polar surface area (TPSA) is 67.0 Å². The minimum absolute atomic E-state index is 0. The zero-order valence-electron chi connectivity index (χ0n) is 15.0. The second kappa shape index (κ2) is 10.7. The van der Waals surface area contributed by atoms with Crippen LogP contribution in [0.25, 0.3) is 0 Å². The normalized spacial score (nSPS) is 15.0. The summed E-state index contributed by atoms with van der Waals surface area (Å²) in [5, 5.41) is 3.10. The highest BCUT2D eigenvalue weighted by Gasteiger charge is 2.19. The molecule has 0 spiro atoms. The van der Waals surface area contributed by atoms with E-state index in [0.717, 1.165) is 43.5 Å². The molecule has 0 bridgehead atoms. The summed E-state index contributed by atoms with van der Waals surface area (Å²) < 4.78 is 5.41. The van der Waals surface area contributed by atoms with Crippen molar-refractivity contribution in [3.8, 4) is 0 Å². The Kier molecular flexibility index (Phi) is 8.60. The van der Waals surface area contributed by atoms with Gasteiger partial charge in [0.2, 0.25) is 0 Å². The smallest absolute Gasteiger partial charge is 0.191 e. The third-order valence-corrected chi connectivity index (χ3v) is 5.05. The van der Waals surface area contributed by atoms with Gasteiger partial charge in [0.25, 0.3) is 0 Å². The van der Waals surface area contributed by atoms with Gasteiger partial charge in [0.1, 0.15) is 0 Å². The van der Waals surface area contributed by atoms with Crippen molar-refractivity contribution in [2.75, 3.05) is 37.7 Å². The third kappa shape index (κ3) is 5.82. The lowest BCUT2D eigenvalue weighted by atomic mass is 10.1. The lowest BCUT2D eigenvalue weighted by Gasteiger charge is -2.35. The number of aliphatic imine (C=N–C) groups is 1. The van der Waals surface area contributed by atoms with E-state index >= 15 is 0 Å². The predicted molar refractivity (Wildman–Crippen MR) is 118 cm³/mol. The van der Waals surface area contributed by atoms with Crippen LogP contribution in [0.5, 0.6) is 0 Å². The third-order valence-electron chi connectivity index (χ3n) is 4.21. The number of rotatable bonds is 6. The Bertz CT molecular complexity index is 669. The number of aromatic nitrogens is 1. The number of guanidine groups is 1. The van der Waals surface area contributed by atoms with E-state index in [1.165, 1.54) is 5.56 Å². The fraction of sp³-hybridized carbons (Fsp3) is 0.444. The standard InChI is InChI=1S/C18H25N5OS.HI/c1-2-24-14-16-5-3-15(4-6-16)13-21-17(19)22-8-10-23(11-9-22)18-20-7-12-25-18;/h3-7,12H,2,8-11,13-14H2,1H3,(H2,19,21);1H. The van der Waals surface area contributed by atoms with Crippen LogP contribution in [0.3, 0.4) is 0 Å². The number of halogens is 1. The molecule has 1 aliphatic rings. The Morgan fingerprint density at radius 3 is 2.50 bits per heavy atom. The molecule has 8 heteroatoms. The van der Waals surface area contributed by atoms with Gasteiger partial charge in [-0.15, -0.1) is 35.3 Å². The number of nitrogens with two attached hydrogens (primary N) is 1. The van der Waals surface area contributed by atoms with Gasteiger partial charge in [0.15, 0.2) is 11.1 Å². The summed E-state index contributed by atoms with van der Waals surface area (Å²) >= 11 is 1.68. The zero-order valence-corrected chi connectivity index (χ0v) is 18.2. The maximum atomic E-state index is 6.18. The molecule has 26 heavy (non-hydrogen) atoms. The van der Waals surface area contributed by atoms with Gasteiger partial charge in [-0.1, -0.05) is 24.3 Å². The number of thiazole rings is 1. The summed E-state index contributed by atoms with van der Waals surface area (Å²) in [5.74, 6) is 0.622. The van der Waals surface area contributed by atoms with Crippen molar-refractivity contribution in [1.82, 2.24) is 9.88 Å². The van der Waals surface area contributed by atoms with E-state index in [1.54, 1.807) is 11.3 Å². The Balaban J connectivity index is 0.00000243. The summed E-state index contributed by atoms with van der Waals surface area (Å²) in [6.45, 7) is 7.61. The monoisotopic (exact) mass is 487 g/mol. The first-order chi connectivity index (χ1) is 12.3. The van der Waals surface area contributed by atoms with Crippen LogP contribution < -0.4 is 10.6 Å². The number of piperazine rings is 1. The van der Waals surface area contributed by atoms with E-state index in [4.69, 9.17) is 10.5 Å². The molecular weight excluding hydrogens is 461 g/mol. The van der Waals surface area contributed by atoms with E-state index < -0.39 is 0 Å². The largest absolute Gasteiger partial charge is 0.377 e. The van der Waals surface area contributed by atoms with Crippen molar-refractivity contribution < 1.29 is 4.74 Å². The van der Waals surface area contributed by atoms with E-state index in [0.29, 0.717) is 19.1 Å². The lowest BCUT2D eigenvalue weighted by molar-refractivity contribution is 0.134. The number of nitrogens with zero attached hydrogens (tertiary/aromatic N) is 4. The van der Waals surface area contributed by atoms with Gasteiger partial charge in [-0.25, -0.2) is 9.98 Å². The summed E-state index contributed by atoms with van der Waals surface area (Å²) in [5.41, 5.74) is 8.52. The fourth-order valence-electron chi connectivity index (χ4n) is 2.73. The first-order valence-electron chi connectivity index (χ1n) is 8.61. The van der Waals surface area contributed by atoms with Gasteiger partial charge in [0, 0.05) is 44.4 Å². The molecule has 0 unspecified atom stereocenters. The highest BCUT2D eigenvalue weighted by atomic mass is 127. The summed E-state index contributed by atoms with van der Waals surface area (Å²) in [6, 6.07) is 8.35. The van der Waals surface area contributed by atoms with E-state index in [-0.39, 0.29) is 24.0 Å². The van der Waals surface area contributed by atoms with Gasteiger partial charge in [-0.05, 0) is 18.1 Å². The number of anilines is 1. The van der Waals surface area contributed by atoms with E-state index in [1.807, 2.05) is 18.5 Å². The van der Waals surface area contributed by atoms with Crippen molar-refractivity contribution in [1.29, 1.82) is 0 Å². The molecule has 0 amide bonds. The van der Waals surface area contributed by atoms with Crippen molar-refractivity contribution in [3.63, 3.8) is 0 Å². The first kappa shape index (κ1) is 20.9. The molecule has 2 N–H and O–H groups in total. The average molecular weight is 487 g/mol. The quantitative estimate of drug-likeness (QED) is 0.386. The molecule has 2 heterocycles. The van der Waals surface area contributed by atoms with Gasteiger partial charge in [-0.3, -0.25) is 0 Å². The molecule has 1 fully saturated rings. The van der Waals surface area contributed by atoms with Gasteiger partial charge in [-0.2, -0.15) is 0 Å². The van der Waals surface area contributed by atoms with Gasteiger partial charge >= 0.3 is 0 Å². The average Bonchev–Trinajstić information content (AvgIpc) is 3.20. The van der Waals surface area contributed by atoms with E-state index in [9.17, 15) is 0 Å². The highest BCUT2D eigenvalue weighted by Crippen LogP contribution is 2.18. The SMILES string of the molecule is CCOCc1ccc(CN=C(N)N2CCN(c3nccs3)CC2)cc1.I. The Hall–Kier alpha value is -1.39. The molecule has 142 valence electrons. The minimum Gasteiger partial charge on any atom is -0.377 e. The number of benzene rings is 1. The number of hydrogen-bond acceptors (Lipinski definition) is 5. The van der Waals surface area contributed by atoms with Gasteiger partial charge in [0.05, 0.1) is 13.2 Å². The number of ether oxygens (including phenoxy) is 1. The molecule has 1 aromatic carbocycles. The van der Waals surface area contributed by atoms with E-state index in [2.05, 4.69) is 44.0 Å². The first-order valence-corrected chi connectivity index (χ1v) is 9.49. The fourth-order valence-corrected chi connectivity index (χ4v) is 3.43. The maximum absolute atomic E-state index is 6.18. The van der Waals surface area contributed by atoms with Crippen LogP contribution in [0.15, 0.2) is 40.8 Å². The molecule has 3 rings (SSSR count). The molecule has 1 saturated heterocycles. The number of hydrogen-bond donors (Lipinski definition) is 1. The van der Waals surface area contributed by atoms with Crippen molar-refractivity contribution >= 4 is 46.4 Å². The van der Waals surface area contributed by atoms with Crippen LogP contribution >= 0.6 is 35.3 Å². The Morgan fingerprint density at radius 1 is 1.19 bits per heavy atom. The Labute approximate surface area is 176 Å². The second-order valence-corrected chi connectivity index (χ2v) is 6.79. The minimum atomic E-state index is 0. The van der Waals surface area contributed by atoms with Crippen molar-refractivity contribution in [2.24, 2.45) is 10.7 Å². The van der Waals surface area contributed by atoms with Crippen LogP contribution in [0.2, 0.25) is 0 Å². The molecule has 0 radical (unpaired) electrons. The highest BCUT2D eigenvalue weighted by molar-refractivity contribution is 14.0. The van der Waals surface area contributed by atoms with Crippen LogP contribution in [-0.4, -0.2) is 48.6 Å². The van der Waals surface area contributed by atoms with Crippen LogP contribution in [0.1, 0.15) is 18.1 Å². The lowest BCUT2D eigenvalue weighted by Crippen LogP contribution is -2.51. The zero-order chi connectivity index (χ0) is 17.5. The van der Waals surface area contributed by atoms with Crippen molar-refractivity contribution in [2.45, 2.75) is 20.1 Å². The van der Waals surface area contributed by atoms with Crippen LogP contribution in [0, 0.1) is 0 Å². The molecule has 1 aliphatic heterocycles. The summed E-state index contributed by atoms with van der Waals surface area (Å²) in [4.78, 5) is 13.4. The molecule has 0 aliphatic carbocycles. The molecular formula is C18H26IN5OS. The molecule has 0 atom stereocenters. The second-order valence-electron chi connectivity index (χ2n) is 5.92. The Morgan fingerprint density at radius 2 is 1.88 bits per heavy atom. The summed E-state index contributed by atoms with van der Waals surface area (Å²) in [7, 11) is 0. The van der Waals surface area contributed by atoms with Crippen molar-refractivity contribution in [3.05, 3.63) is 47.0 Å². The predicted octanol–water partition coefficient (Wildman–Crippen LogP) is 2.93. The molecule has 2 aromatic rings. The summed E-state index contributed by atoms with van der Waals surface area (Å²) in [6.07, 6.45) is 1.85.